The van der Waals surface area contributed by atoms with Crippen LogP contribution in [0, 0.1) is 0 Å². The number of rotatable bonds is 6. The molecule has 6 heteroatoms. The van der Waals surface area contributed by atoms with E-state index in [1.54, 1.807) is 11.3 Å². The molecule has 0 bridgehead atoms. The maximum Gasteiger partial charge on any atom is 0.322 e. The summed E-state index contributed by atoms with van der Waals surface area (Å²) in [5.74, 6) is 0.174. The third-order valence-electron chi connectivity index (χ3n) is 4.09. The van der Waals surface area contributed by atoms with Crippen LogP contribution in [0.2, 0.25) is 0 Å². The molecule has 0 aliphatic heterocycles. The number of carbonyl (C=O) groups excluding carboxylic acids is 2. The predicted molar refractivity (Wildman–Crippen MR) is 110 cm³/mol. The van der Waals surface area contributed by atoms with Crippen LogP contribution < -0.4 is 16.0 Å². The monoisotopic (exact) mass is 388 g/mol. The zero-order valence-electron chi connectivity index (χ0n) is 16.7. The highest BCUT2D eigenvalue weighted by Gasteiger charge is 2.22. The largest absolute Gasteiger partial charge is 0.333 e. The average Bonchev–Trinajstić information content (AvgIpc) is 3.07. The molecule has 0 radical (unpaired) electrons. The van der Waals surface area contributed by atoms with Crippen molar-refractivity contribution in [2.24, 2.45) is 0 Å². The van der Waals surface area contributed by atoms with Crippen molar-refractivity contribution in [1.82, 2.24) is 10.6 Å². The lowest BCUT2D eigenvalue weighted by atomic mass is 9.98. The van der Waals surface area contributed by atoms with Gasteiger partial charge in [0.15, 0.2) is 6.54 Å². The van der Waals surface area contributed by atoms with E-state index in [2.05, 4.69) is 54.8 Å². The lowest BCUT2D eigenvalue weighted by Crippen LogP contribution is -2.87. The molecule has 0 spiro atoms. The fourth-order valence-electron chi connectivity index (χ4n) is 2.75. The third-order valence-corrected chi connectivity index (χ3v) is 5.05. The summed E-state index contributed by atoms with van der Waals surface area (Å²) in [5.41, 5.74) is 2.06. The molecular weight excluding hydrogens is 358 g/mol. The number of thiophene rings is 1. The third kappa shape index (κ3) is 6.81. The van der Waals surface area contributed by atoms with Gasteiger partial charge < -0.3 is 10.6 Å². The first kappa shape index (κ1) is 21.1. The molecule has 2 aromatic rings. The quantitative estimate of drug-likeness (QED) is 0.711. The van der Waals surface area contributed by atoms with Gasteiger partial charge in [-0.3, -0.25) is 10.1 Å². The van der Waals surface area contributed by atoms with Crippen molar-refractivity contribution in [2.45, 2.75) is 52.1 Å². The normalized spacial score (nSPS) is 12.7. The van der Waals surface area contributed by atoms with E-state index >= 15 is 0 Å². The van der Waals surface area contributed by atoms with Crippen LogP contribution >= 0.6 is 11.3 Å². The number of amides is 3. The highest BCUT2D eigenvalue weighted by atomic mass is 32.1. The Morgan fingerprint density at radius 3 is 2.22 bits per heavy atom. The molecule has 4 N–H and O–H groups in total. The molecule has 1 atom stereocenters. The standard InChI is InChI=1S/C21H29N3O2S/c1-14(2)15-8-10-16(11-9-15)19(17-7-6-12-27-17)22-13-18(25)23-20(26)24-21(3,4)5/h6-12,14,19,22H,13H2,1-5H3,(H2,23,24,25,26)/p+1/t19-/m1/s1. The van der Waals surface area contributed by atoms with Crippen LogP contribution in [0.25, 0.3) is 0 Å². The minimum atomic E-state index is -0.463. The van der Waals surface area contributed by atoms with Gasteiger partial charge in [-0.1, -0.05) is 44.2 Å². The summed E-state index contributed by atoms with van der Waals surface area (Å²) in [7, 11) is 0. The maximum atomic E-state index is 12.2. The predicted octanol–water partition coefficient (Wildman–Crippen LogP) is 3.15. The van der Waals surface area contributed by atoms with E-state index in [4.69, 9.17) is 0 Å². The van der Waals surface area contributed by atoms with Gasteiger partial charge >= 0.3 is 6.03 Å². The summed E-state index contributed by atoms with van der Waals surface area (Å²) in [4.78, 5) is 25.2. The topological polar surface area (TPSA) is 74.8 Å². The van der Waals surface area contributed by atoms with E-state index in [-0.39, 0.29) is 24.0 Å². The first-order valence-electron chi connectivity index (χ1n) is 9.24. The van der Waals surface area contributed by atoms with Crippen molar-refractivity contribution in [2.75, 3.05) is 6.54 Å². The molecule has 0 saturated carbocycles. The average molecular weight is 389 g/mol. The lowest BCUT2D eigenvalue weighted by Gasteiger charge is -2.20. The van der Waals surface area contributed by atoms with Gasteiger partial charge in [0, 0.05) is 11.1 Å². The van der Waals surface area contributed by atoms with Crippen LogP contribution in [0.15, 0.2) is 41.8 Å². The van der Waals surface area contributed by atoms with Crippen LogP contribution in [0.4, 0.5) is 4.79 Å². The molecule has 0 aliphatic carbocycles. The molecule has 0 unspecified atom stereocenters. The fraction of sp³-hybridized carbons (Fsp3) is 0.429. The number of hydrogen-bond donors (Lipinski definition) is 3. The fourth-order valence-corrected chi connectivity index (χ4v) is 3.60. The van der Waals surface area contributed by atoms with Gasteiger partial charge in [0.2, 0.25) is 0 Å². The number of benzene rings is 1. The van der Waals surface area contributed by atoms with Crippen LogP contribution in [0.1, 0.15) is 62.6 Å². The Kier molecular flexibility index (Phi) is 7.16. The van der Waals surface area contributed by atoms with Crippen molar-refractivity contribution >= 4 is 23.3 Å². The van der Waals surface area contributed by atoms with E-state index < -0.39 is 6.03 Å². The molecular formula is C21H30N3O2S+. The van der Waals surface area contributed by atoms with Crippen molar-refractivity contribution in [3.63, 3.8) is 0 Å². The Balaban J connectivity index is 2.04. The summed E-state index contributed by atoms with van der Waals surface area (Å²) < 4.78 is 0. The molecule has 1 aromatic carbocycles. The number of quaternary nitrogens is 1. The second-order valence-corrected chi connectivity index (χ2v) is 8.99. The second kappa shape index (κ2) is 9.15. The van der Waals surface area contributed by atoms with Gasteiger partial charge in [-0.15, -0.1) is 11.3 Å². The molecule has 3 amide bonds. The lowest BCUT2D eigenvalue weighted by molar-refractivity contribution is -0.676. The number of urea groups is 1. The smallest absolute Gasteiger partial charge is 0.322 e. The maximum absolute atomic E-state index is 12.2. The first-order chi connectivity index (χ1) is 12.7. The minimum Gasteiger partial charge on any atom is -0.333 e. The van der Waals surface area contributed by atoms with Gasteiger partial charge in [0.05, 0.1) is 4.88 Å². The van der Waals surface area contributed by atoms with Crippen LogP contribution in [0.3, 0.4) is 0 Å². The van der Waals surface area contributed by atoms with Gasteiger partial charge in [0.1, 0.15) is 6.04 Å². The van der Waals surface area contributed by atoms with Crippen molar-refractivity contribution in [3.8, 4) is 0 Å². The highest BCUT2D eigenvalue weighted by molar-refractivity contribution is 7.10. The summed E-state index contributed by atoms with van der Waals surface area (Å²) >= 11 is 1.67. The summed E-state index contributed by atoms with van der Waals surface area (Å²) in [6, 6.07) is 12.2. The molecule has 0 saturated heterocycles. The Morgan fingerprint density at radius 2 is 1.70 bits per heavy atom. The van der Waals surface area contributed by atoms with Crippen LogP contribution in [0.5, 0.6) is 0 Å². The number of imide groups is 1. The Labute approximate surface area is 165 Å². The molecule has 1 aromatic heterocycles. The van der Waals surface area contributed by atoms with E-state index in [1.807, 2.05) is 37.5 Å². The number of nitrogens with one attached hydrogen (secondary N) is 2. The summed E-state index contributed by atoms with van der Waals surface area (Å²) in [6.45, 7) is 10.1. The Morgan fingerprint density at radius 1 is 1.07 bits per heavy atom. The van der Waals surface area contributed by atoms with Gasteiger partial charge in [-0.2, -0.15) is 0 Å². The molecule has 146 valence electrons. The van der Waals surface area contributed by atoms with Crippen LogP contribution in [-0.4, -0.2) is 24.0 Å². The molecule has 0 fully saturated rings. The van der Waals surface area contributed by atoms with Crippen LogP contribution in [-0.2, 0) is 4.79 Å². The van der Waals surface area contributed by atoms with E-state index in [9.17, 15) is 9.59 Å². The Bertz CT molecular complexity index is 747. The second-order valence-electron chi connectivity index (χ2n) is 8.01. The zero-order valence-corrected chi connectivity index (χ0v) is 17.5. The molecule has 0 aliphatic rings. The molecule has 1 heterocycles. The van der Waals surface area contributed by atoms with E-state index in [0.29, 0.717) is 5.92 Å². The van der Waals surface area contributed by atoms with Gasteiger partial charge in [0.25, 0.3) is 5.91 Å². The van der Waals surface area contributed by atoms with Gasteiger partial charge in [-0.05, 0) is 43.7 Å². The highest BCUT2D eigenvalue weighted by Crippen LogP contribution is 2.24. The van der Waals surface area contributed by atoms with E-state index in [0.717, 1.165) is 5.56 Å². The number of carbonyl (C=O) groups is 2. The van der Waals surface area contributed by atoms with Crippen molar-refractivity contribution in [3.05, 3.63) is 57.8 Å². The minimum absolute atomic E-state index is 0.0302. The zero-order chi connectivity index (χ0) is 20.0. The van der Waals surface area contributed by atoms with Crippen molar-refractivity contribution < 1.29 is 14.9 Å². The first-order valence-corrected chi connectivity index (χ1v) is 10.1. The number of nitrogens with two attached hydrogens (primary N) is 1. The molecule has 5 nitrogen and oxygen atoms in total. The molecule has 2 rings (SSSR count). The van der Waals surface area contributed by atoms with Crippen molar-refractivity contribution in [1.29, 1.82) is 0 Å². The van der Waals surface area contributed by atoms with E-state index in [1.165, 1.54) is 10.4 Å². The van der Waals surface area contributed by atoms with Gasteiger partial charge in [-0.25, -0.2) is 4.79 Å². The number of hydrogen-bond acceptors (Lipinski definition) is 3. The summed E-state index contributed by atoms with van der Waals surface area (Å²) in [6.07, 6.45) is 0. The SMILES string of the molecule is CC(C)c1ccc([C@@H]([NH2+]CC(=O)NC(=O)NC(C)(C)C)c2cccs2)cc1. The molecule has 27 heavy (non-hydrogen) atoms. The summed E-state index contributed by atoms with van der Waals surface area (Å²) in [5, 5.41) is 9.13. The Hall–Kier alpha value is -2.18.